The molecule has 19 heavy (non-hydrogen) atoms. The minimum atomic E-state index is -0.146. The van der Waals surface area contributed by atoms with Gasteiger partial charge in [0.1, 0.15) is 5.82 Å². The molecule has 1 nitrogen and oxygen atoms in total. The number of rotatable bonds is 2. The van der Waals surface area contributed by atoms with Crippen LogP contribution in [0.2, 0.25) is 0 Å². The van der Waals surface area contributed by atoms with Crippen LogP contribution in [0.25, 0.3) is 0 Å². The summed E-state index contributed by atoms with van der Waals surface area (Å²) in [5, 5.41) is 3.51. The molecule has 1 N–H and O–H groups in total. The van der Waals surface area contributed by atoms with E-state index < -0.39 is 0 Å². The van der Waals surface area contributed by atoms with Gasteiger partial charge in [0.2, 0.25) is 0 Å². The zero-order valence-electron chi connectivity index (χ0n) is 11.1. The fraction of sp³-hybridized carbons (Fsp3) is 0.294. The molecular formula is C17H18FN. The van der Waals surface area contributed by atoms with Crippen LogP contribution in [0.4, 0.5) is 10.1 Å². The van der Waals surface area contributed by atoms with Crippen LogP contribution in [0.1, 0.15) is 30.4 Å². The Balaban J connectivity index is 1.89. The van der Waals surface area contributed by atoms with Gasteiger partial charge in [-0.2, -0.15) is 0 Å². The fourth-order valence-electron chi connectivity index (χ4n) is 3.00. The predicted molar refractivity (Wildman–Crippen MR) is 77.0 cm³/mol. The zero-order valence-corrected chi connectivity index (χ0v) is 11.1. The molecule has 2 atom stereocenters. The highest BCUT2D eigenvalue weighted by Crippen LogP contribution is 2.36. The third kappa shape index (κ3) is 2.62. The minimum absolute atomic E-state index is 0.146. The summed E-state index contributed by atoms with van der Waals surface area (Å²) in [6, 6.07) is 15.9. The van der Waals surface area contributed by atoms with Crippen LogP contribution in [-0.2, 0) is 6.42 Å². The molecule has 0 bridgehead atoms. The Morgan fingerprint density at radius 3 is 2.84 bits per heavy atom. The van der Waals surface area contributed by atoms with Gasteiger partial charge in [-0.1, -0.05) is 30.3 Å². The number of fused-ring (bicyclic) bond motifs is 1. The van der Waals surface area contributed by atoms with Gasteiger partial charge in [0.25, 0.3) is 0 Å². The molecule has 0 spiro atoms. The molecule has 0 fully saturated rings. The van der Waals surface area contributed by atoms with E-state index in [0.717, 1.165) is 18.4 Å². The van der Waals surface area contributed by atoms with Gasteiger partial charge in [-0.3, -0.25) is 0 Å². The number of para-hydroxylation sites is 1. The van der Waals surface area contributed by atoms with E-state index in [1.165, 1.54) is 17.3 Å². The van der Waals surface area contributed by atoms with Crippen LogP contribution in [-0.4, -0.2) is 6.04 Å². The molecule has 0 saturated heterocycles. The van der Waals surface area contributed by atoms with Crippen molar-refractivity contribution >= 4 is 5.69 Å². The first-order chi connectivity index (χ1) is 9.22. The van der Waals surface area contributed by atoms with Crippen molar-refractivity contribution in [3.8, 4) is 0 Å². The van der Waals surface area contributed by atoms with Crippen molar-refractivity contribution in [2.24, 2.45) is 0 Å². The maximum atomic E-state index is 13.3. The van der Waals surface area contributed by atoms with Crippen molar-refractivity contribution < 1.29 is 4.39 Å². The summed E-state index contributed by atoms with van der Waals surface area (Å²) < 4.78 is 13.3. The molecule has 2 unspecified atom stereocenters. The Morgan fingerprint density at radius 1 is 1.16 bits per heavy atom. The first-order valence-electron chi connectivity index (χ1n) is 6.82. The highest BCUT2D eigenvalue weighted by Gasteiger charge is 2.23. The first kappa shape index (κ1) is 12.2. The number of anilines is 1. The maximum Gasteiger partial charge on any atom is 0.123 e. The molecule has 3 rings (SSSR count). The van der Waals surface area contributed by atoms with Gasteiger partial charge in [0.05, 0.1) is 0 Å². The standard InChI is InChI=1S/C17H18FN/c1-12-9-14(10-13-5-4-6-15(18)11-13)16-7-2-3-8-17(16)19-12/h2-8,11-12,14,19H,9-10H2,1H3. The Labute approximate surface area is 113 Å². The maximum absolute atomic E-state index is 13.3. The molecular weight excluding hydrogens is 237 g/mol. The van der Waals surface area contributed by atoms with E-state index >= 15 is 0 Å². The van der Waals surface area contributed by atoms with Crippen molar-refractivity contribution in [2.75, 3.05) is 5.32 Å². The molecule has 1 aliphatic rings. The monoisotopic (exact) mass is 255 g/mol. The third-order valence-corrected chi connectivity index (χ3v) is 3.81. The Hall–Kier alpha value is -1.83. The molecule has 2 aromatic rings. The fourth-order valence-corrected chi connectivity index (χ4v) is 3.00. The summed E-state index contributed by atoms with van der Waals surface area (Å²) in [6.45, 7) is 2.20. The zero-order chi connectivity index (χ0) is 13.2. The summed E-state index contributed by atoms with van der Waals surface area (Å²) in [4.78, 5) is 0. The van der Waals surface area contributed by atoms with E-state index in [-0.39, 0.29) is 5.82 Å². The van der Waals surface area contributed by atoms with Crippen LogP contribution in [0, 0.1) is 5.82 Å². The molecule has 0 saturated carbocycles. The second-order valence-electron chi connectivity index (χ2n) is 5.40. The van der Waals surface area contributed by atoms with Gasteiger partial charge >= 0.3 is 0 Å². The minimum Gasteiger partial charge on any atom is -0.382 e. The molecule has 1 aliphatic heterocycles. The number of benzene rings is 2. The van der Waals surface area contributed by atoms with E-state index in [1.54, 1.807) is 12.1 Å². The highest BCUT2D eigenvalue weighted by molar-refractivity contribution is 5.55. The molecule has 0 aromatic heterocycles. The summed E-state index contributed by atoms with van der Waals surface area (Å²) >= 11 is 0. The molecule has 1 heterocycles. The quantitative estimate of drug-likeness (QED) is 0.841. The second kappa shape index (κ2) is 5.04. The van der Waals surface area contributed by atoms with Crippen LogP contribution in [0.5, 0.6) is 0 Å². The number of hydrogen-bond donors (Lipinski definition) is 1. The van der Waals surface area contributed by atoms with Crippen LogP contribution in [0.15, 0.2) is 48.5 Å². The Kier molecular flexibility index (Phi) is 3.24. The second-order valence-corrected chi connectivity index (χ2v) is 5.40. The van der Waals surface area contributed by atoms with Gasteiger partial charge in [-0.05, 0) is 55.0 Å². The highest BCUT2D eigenvalue weighted by atomic mass is 19.1. The molecule has 2 aromatic carbocycles. The predicted octanol–water partition coefficient (Wildman–Crippen LogP) is 4.36. The summed E-state index contributed by atoms with van der Waals surface area (Å²) in [6.07, 6.45) is 1.99. The van der Waals surface area contributed by atoms with Gasteiger partial charge in [-0.25, -0.2) is 4.39 Å². The molecule has 2 heteroatoms. The molecule has 0 amide bonds. The molecule has 0 aliphatic carbocycles. The van der Waals surface area contributed by atoms with Crippen molar-refractivity contribution in [1.82, 2.24) is 0 Å². The van der Waals surface area contributed by atoms with Gasteiger partial charge in [-0.15, -0.1) is 0 Å². The average Bonchev–Trinajstić information content (AvgIpc) is 2.38. The van der Waals surface area contributed by atoms with E-state index in [2.05, 4.69) is 36.5 Å². The summed E-state index contributed by atoms with van der Waals surface area (Å²) in [7, 11) is 0. The summed E-state index contributed by atoms with van der Waals surface area (Å²) in [5.41, 5.74) is 3.65. The van der Waals surface area contributed by atoms with Gasteiger partial charge < -0.3 is 5.32 Å². The van der Waals surface area contributed by atoms with E-state index in [0.29, 0.717) is 12.0 Å². The van der Waals surface area contributed by atoms with Gasteiger partial charge in [0, 0.05) is 11.7 Å². The normalized spacial score (nSPS) is 21.6. The Morgan fingerprint density at radius 2 is 2.00 bits per heavy atom. The number of nitrogens with one attached hydrogen (secondary N) is 1. The Bertz CT molecular complexity index is 579. The van der Waals surface area contributed by atoms with Crippen molar-refractivity contribution in [3.63, 3.8) is 0 Å². The number of halogens is 1. The lowest BCUT2D eigenvalue weighted by Gasteiger charge is -2.31. The van der Waals surface area contributed by atoms with Gasteiger partial charge in [0.15, 0.2) is 0 Å². The molecule has 98 valence electrons. The van der Waals surface area contributed by atoms with Crippen molar-refractivity contribution in [2.45, 2.75) is 31.7 Å². The van der Waals surface area contributed by atoms with Crippen LogP contribution < -0.4 is 5.32 Å². The first-order valence-corrected chi connectivity index (χ1v) is 6.82. The topological polar surface area (TPSA) is 12.0 Å². The largest absolute Gasteiger partial charge is 0.382 e. The van der Waals surface area contributed by atoms with E-state index in [1.807, 2.05) is 6.07 Å². The van der Waals surface area contributed by atoms with E-state index in [9.17, 15) is 4.39 Å². The van der Waals surface area contributed by atoms with Crippen molar-refractivity contribution in [1.29, 1.82) is 0 Å². The molecule has 0 radical (unpaired) electrons. The lowest BCUT2D eigenvalue weighted by molar-refractivity contribution is 0.548. The lowest BCUT2D eigenvalue weighted by Crippen LogP contribution is -2.26. The third-order valence-electron chi connectivity index (χ3n) is 3.81. The smallest absolute Gasteiger partial charge is 0.123 e. The van der Waals surface area contributed by atoms with Crippen molar-refractivity contribution in [3.05, 3.63) is 65.5 Å². The summed E-state index contributed by atoms with van der Waals surface area (Å²) in [5.74, 6) is 0.321. The van der Waals surface area contributed by atoms with E-state index in [4.69, 9.17) is 0 Å². The lowest BCUT2D eigenvalue weighted by atomic mass is 9.83. The van der Waals surface area contributed by atoms with Crippen LogP contribution in [0.3, 0.4) is 0 Å². The average molecular weight is 255 g/mol. The number of hydrogen-bond acceptors (Lipinski definition) is 1. The van der Waals surface area contributed by atoms with Crippen LogP contribution >= 0.6 is 0 Å². The SMILES string of the molecule is CC1CC(Cc2cccc(F)c2)c2ccccc2N1.